The van der Waals surface area contributed by atoms with Gasteiger partial charge in [0.1, 0.15) is 4.90 Å². The Kier molecular flexibility index (Phi) is 4.07. The van der Waals surface area contributed by atoms with Gasteiger partial charge >= 0.3 is 0 Å². The number of nitrogen functional groups attached to an aromatic ring is 1. The van der Waals surface area contributed by atoms with Crippen LogP contribution in [0.3, 0.4) is 0 Å². The lowest BCUT2D eigenvalue weighted by atomic mass is 10.2. The maximum atomic E-state index is 12.4. The van der Waals surface area contributed by atoms with Crippen LogP contribution in [0.1, 0.15) is 12.8 Å². The summed E-state index contributed by atoms with van der Waals surface area (Å²) in [5.74, 6) is 0. The Morgan fingerprint density at radius 2 is 2.32 bits per heavy atom. The summed E-state index contributed by atoms with van der Waals surface area (Å²) in [6.07, 6.45) is 4.93. The number of aromatic nitrogens is 1. The molecule has 0 aromatic carbocycles. The van der Waals surface area contributed by atoms with Gasteiger partial charge in [-0.15, -0.1) is 0 Å². The average molecular weight is 284 g/mol. The number of pyridine rings is 1. The molecule has 2 N–H and O–H groups in total. The standard InChI is InChI=1S/C12H20N4O2S/c1-15-7-3-4-10(15)9-16(2)19(17,18)12-8-14-6-5-11(12)13/h5-6,8,10H,3-4,7,9H2,1-2H3,(H2,13,14). The van der Waals surface area contributed by atoms with Crippen molar-refractivity contribution in [1.29, 1.82) is 0 Å². The molecule has 0 amide bonds. The van der Waals surface area contributed by atoms with Crippen molar-refractivity contribution in [1.82, 2.24) is 14.2 Å². The molecule has 1 saturated heterocycles. The van der Waals surface area contributed by atoms with Crippen molar-refractivity contribution >= 4 is 15.7 Å². The summed E-state index contributed by atoms with van der Waals surface area (Å²) < 4.78 is 26.2. The van der Waals surface area contributed by atoms with Crippen LogP contribution in [0.25, 0.3) is 0 Å². The topological polar surface area (TPSA) is 79.5 Å². The number of likely N-dealkylation sites (N-methyl/N-ethyl adjacent to an activating group) is 2. The number of nitrogens with zero attached hydrogens (tertiary/aromatic N) is 3. The lowest BCUT2D eigenvalue weighted by molar-refractivity contribution is 0.271. The zero-order chi connectivity index (χ0) is 14.0. The van der Waals surface area contributed by atoms with Crippen molar-refractivity contribution in [2.45, 2.75) is 23.8 Å². The van der Waals surface area contributed by atoms with Crippen LogP contribution in [0.15, 0.2) is 23.4 Å². The van der Waals surface area contributed by atoms with Gasteiger partial charge in [0.2, 0.25) is 10.0 Å². The van der Waals surface area contributed by atoms with Gasteiger partial charge in [-0.05, 0) is 32.5 Å². The maximum Gasteiger partial charge on any atom is 0.246 e. The van der Waals surface area contributed by atoms with Crippen molar-refractivity contribution in [2.24, 2.45) is 0 Å². The van der Waals surface area contributed by atoms with Crippen LogP contribution in [0.5, 0.6) is 0 Å². The molecule has 1 atom stereocenters. The number of likely N-dealkylation sites (tertiary alicyclic amines) is 1. The number of nitrogens with two attached hydrogens (primary N) is 1. The molecule has 7 heteroatoms. The van der Waals surface area contributed by atoms with E-state index in [-0.39, 0.29) is 16.6 Å². The highest BCUT2D eigenvalue weighted by atomic mass is 32.2. The second-order valence-corrected chi connectivity index (χ2v) is 6.99. The van der Waals surface area contributed by atoms with Gasteiger partial charge in [-0.1, -0.05) is 0 Å². The smallest absolute Gasteiger partial charge is 0.246 e. The SMILES string of the molecule is CN1CCCC1CN(C)S(=O)(=O)c1cnccc1N. The molecule has 0 bridgehead atoms. The molecule has 1 aromatic rings. The highest BCUT2D eigenvalue weighted by molar-refractivity contribution is 7.89. The summed E-state index contributed by atoms with van der Waals surface area (Å²) >= 11 is 0. The lowest BCUT2D eigenvalue weighted by Gasteiger charge is -2.25. The minimum absolute atomic E-state index is 0.0816. The Morgan fingerprint density at radius 1 is 1.58 bits per heavy atom. The number of anilines is 1. The summed E-state index contributed by atoms with van der Waals surface area (Å²) in [5, 5.41) is 0. The number of hydrogen-bond donors (Lipinski definition) is 1. The first kappa shape index (κ1) is 14.2. The molecule has 0 radical (unpaired) electrons. The fourth-order valence-corrected chi connectivity index (χ4v) is 3.64. The largest absolute Gasteiger partial charge is 0.398 e. The summed E-state index contributed by atoms with van der Waals surface area (Å²) in [7, 11) is 0.0542. The molecule has 1 aliphatic heterocycles. The molecule has 1 aromatic heterocycles. The molecular weight excluding hydrogens is 264 g/mol. The molecule has 19 heavy (non-hydrogen) atoms. The second kappa shape index (κ2) is 5.44. The van der Waals surface area contributed by atoms with E-state index in [0.29, 0.717) is 6.54 Å². The third-order valence-corrected chi connectivity index (χ3v) is 5.51. The zero-order valence-electron chi connectivity index (χ0n) is 11.3. The maximum absolute atomic E-state index is 12.4. The highest BCUT2D eigenvalue weighted by Crippen LogP contribution is 2.22. The minimum Gasteiger partial charge on any atom is -0.398 e. The second-order valence-electron chi connectivity index (χ2n) is 4.98. The van der Waals surface area contributed by atoms with Crippen LogP contribution >= 0.6 is 0 Å². The summed E-state index contributed by atoms with van der Waals surface area (Å²) in [6, 6.07) is 1.78. The van der Waals surface area contributed by atoms with Crippen molar-refractivity contribution in [3.8, 4) is 0 Å². The van der Waals surface area contributed by atoms with Crippen LogP contribution in [-0.4, -0.2) is 55.8 Å². The van der Waals surface area contributed by atoms with Crippen molar-refractivity contribution < 1.29 is 8.42 Å². The number of sulfonamides is 1. The van der Waals surface area contributed by atoms with Crippen molar-refractivity contribution in [2.75, 3.05) is 32.9 Å². The quantitative estimate of drug-likeness (QED) is 0.864. The molecular formula is C12H20N4O2S. The zero-order valence-corrected chi connectivity index (χ0v) is 12.1. The third-order valence-electron chi connectivity index (χ3n) is 3.64. The van der Waals surface area contributed by atoms with Gasteiger partial charge in [0, 0.05) is 32.0 Å². The van der Waals surface area contributed by atoms with E-state index >= 15 is 0 Å². The molecule has 1 aliphatic rings. The van der Waals surface area contributed by atoms with E-state index in [1.165, 1.54) is 22.8 Å². The van der Waals surface area contributed by atoms with Crippen LogP contribution in [0, 0.1) is 0 Å². The molecule has 6 nitrogen and oxygen atoms in total. The minimum atomic E-state index is -3.56. The Morgan fingerprint density at radius 3 is 2.89 bits per heavy atom. The van der Waals surface area contributed by atoms with E-state index in [1.54, 1.807) is 7.05 Å². The van der Waals surface area contributed by atoms with E-state index in [1.807, 2.05) is 7.05 Å². The summed E-state index contributed by atoms with van der Waals surface area (Å²) in [6.45, 7) is 1.50. The average Bonchev–Trinajstić information content (AvgIpc) is 2.75. The molecule has 0 spiro atoms. The van der Waals surface area contributed by atoms with Gasteiger partial charge in [-0.2, -0.15) is 4.31 Å². The Hall–Kier alpha value is -1.18. The van der Waals surface area contributed by atoms with Gasteiger partial charge in [0.15, 0.2) is 0 Å². The monoisotopic (exact) mass is 284 g/mol. The van der Waals surface area contributed by atoms with Crippen LogP contribution in [0.2, 0.25) is 0 Å². The molecule has 2 heterocycles. The van der Waals surface area contributed by atoms with Crippen LogP contribution in [-0.2, 0) is 10.0 Å². The first-order valence-corrected chi connectivity index (χ1v) is 7.73. The molecule has 1 fully saturated rings. The van der Waals surface area contributed by atoms with E-state index in [0.717, 1.165) is 19.4 Å². The summed E-state index contributed by atoms with van der Waals surface area (Å²) in [5.41, 5.74) is 5.96. The number of hydrogen-bond acceptors (Lipinski definition) is 5. The molecule has 1 unspecified atom stereocenters. The van der Waals surface area contributed by atoms with E-state index in [4.69, 9.17) is 5.73 Å². The molecule has 106 valence electrons. The predicted octanol–water partition coefficient (Wildman–Crippen LogP) is 0.378. The first-order chi connectivity index (χ1) is 8.93. The van der Waals surface area contributed by atoms with E-state index in [9.17, 15) is 8.42 Å². The Labute approximate surface area is 114 Å². The molecule has 0 saturated carbocycles. The van der Waals surface area contributed by atoms with E-state index < -0.39 is 10.0 Å². The highest BCUT2D eigenvalue weighted by Gasteiger charge is 2.29. The van der Waals surface area contributed by atoms with Gasteiger partial charge in [-0.3, -0.25) is 4.98 Å². The summed E-state index contributed by atoms with van der Waals surface area (Å²) in [4.78, 5) is 6.12. The normalized spacial score (nSPS) is 21.1. The van der Waals surface area contributed by atoms with Gasteiger partial charge in [0.25, 0.3) is 0 Å². The fraction of sp³-hybridized carbons (Fsp3) is 0.583. The first-order valence-electron chi connectivity index (χ1n) is 6.29. The Balaban J connectivity index is 2.18. The lowest BCUT2D eigenvalue weighted by Crippen LogP contribution is -2.39. The fourth-order valence-electron chi connectivity index (χ4n) is 2.38. The third kappa shape index (κ3) is 2.88. The van der Waals surface area contributed by atoms with Crippen LogP contribution < -0.4 is 5.73 Å². The van der Waals surface area contributed by atoms with Gasteiger partial charge in [-0.25, -0.2) is 8.42 Å². The van der Waals surface area contributed by atoms with Crippen molar-refractivity contribution in [3.63, 3.8) is 0 Å². The number of rotatable bonds is 4. The van der Waals surface area contributed by atoms with Crippen LogP contribution in [0.4, 0.5) is 5.69 Å². The van der Waals surface area contributed by atoms with Gasteiger partial charge in [0.05, 0.1) is 5.69 Å². The van der Waals surface area contributed by atoms with Crippen molar-refractivity contribution in [3.05, 3.63) is 18.5 Å². The Bertz CT molecular complexity index is 546. The van der Waals surface area contributed by atoms with Gasteiger partial charge < -0.3 is 10.6 Å². The van der Waals surface area contributed by atoms with E-state index in [2.05, 4.69) is 9.88 Å². The molecule has 0 aliphatic carbocycles. The molecule has 2 rings (SSSR count). The predicted molar refractivity (Wildman–Crippen MR) is 74.1 cm³/mol.